The molecular formula is C16H14F2N2O. The van der Waals surface area contributed by atoms with Crippen LogP contribution < -0.4 is 0 Å². The van der Waals surface area contributed by atoms with Gasteiger partial charge in [0.15, 0.2) is 5.82 Å². The number of nitrogens with zero attached hydrogens (tertiary/aromatic N) is 2. The number of carbonyl (C=O) groups is 1. The van der Waals surface area contributed by atoms with Crippen LogP contribution in [0.25, 0.3) is 0 Å². The van der Waals surface area contributed by atoms with Crippen LogP contribution in [-0.2, 0) is 6.54 Å². The van der Waals surface area contributed by atoms with E-state index in [4.69, 9.17) is 0 Å². The summed E-state index contributed by atoms with van der Waals surface area (Å²) in [5.41, 5.74) is 0.706. The van der Waals surface area contributed by atoms with Gasteiger partial charge in [-0.15, -0.1) is 0 Å². The summed E-state index contributed by atoms with van der Waals surface area (Å²) >= 11 is 0. The zero-order valence-electron chi connectivity index (χ0n) is 11.3. The van der Waals surface area contributed by atoms with Crippen molar-refractivity contribution in [2.45, 2.75) is 25.4 Å². The van der Waals surface area contributed by atoms with E-state index >= 15 is 0 Å². The third-order valence-corrected chi connectivity index (χ3v) is 3.52. The zero-order chi connectivity index (χ0) is 14.8. The van der Waals surface area contributed by atoms with Gasteiger partial charge < -0.3 is 4.90 Å². The standard InChI is InChI=1S/C16H14F2N2O/c17-14-13(8-9-19-15(14)18)16(21)20(12-6-7-12)10-11-4-2-1-3-5-11/h1-5,8-9,12H,6-7,10H2. The van der Waals surface area contributed by atoms with E-state index in [0.29, 0.717) is 6.54 Å². The van der Waals surface area contributed by atoms with Gasteiger partial charge in [-0.3, -0.25) is 4.79 Å². The first-order valence-electron chi connectivity index (χ1n) is 6.81. The minimum Gasteiger partial charge on any atom is -0.331 e. The van der Waals surface area contributed by atoms with Crippen molar-refractivity contribution in [3.8, 4) is 0 Å². The Morgan fingerprint density at radius 2 is 1.90 bits per heavy atom. The van der Waals surface area contributed by atoms with Crippen molar-refractivity contribution in [3.63, 3.8) is 0 Å². The van der Waals surface area contributed by atoms with Crippen LogP contribution >= 0.6 is 0 Å². The number of hydrogen-bond acceptors (Lipinski definition) is 2. The van der Waals surface area contributed by atoms with Crippen LogP contribution in [0.15, 0.2) is 42.6 Å². The van der Waals surface area contributed by atoms with E-state index in [0.717, 1.165) is 24.6 Å². The van der Waals surface area contributed by atoms with Gasteiger partial charge in [-0.25, -0.2) is 9.37 Å². The van der Waals surface area contributed by atoms with Gasteiger partial charge in [0.25, 0.3) is 5.91 Å². The van der Waals surface area contributed by atoms with E-state index in [1.807, 2.05) is 30.3 Å². The lowest BCUT2D eigenvalue weighted by Gasteiger charge is -2.22. The van der Waals surface area contributed by atoms with Crippen LogP contribution in [0.5, 0.6) is 0 Å². The molecule has 3 nitrogen and oxygen atoms in total. The summed E-state index contributed by atoms with van der Waals surface area (Å²) < 4.78 is 26.9. The second-order valence-electron chi connectivity index (χ2n) is 5.11. The van der Waals surface area contributed by atoms with Crippen LogP contribution in [0.4, 0.5) is 8.78 Å². The highest BCUT2D eigenvalue weighted by molar-refractivity contribution is 5.94. The highest BCUT2D eigenvalue weighted by Crippen LogP contribution is 2.30. The maximum absolute atomic E-state index is 13.8. The number of aromatic nitrogens is 1. The Hall–Kier alpha value is -2.30. The summed E-state index contributed by atoms with van der Waals surface area (Å²) in [5, 5.41) is 0. The lowest BCUT2D eigenvalue weighted by Crippen LogP contribution is -2.33. The summed E-state index contributed by atoms with van der Waals surface area (Å²) in [5.74, 6) is -2.90. The first-order chi connectivity index (χ1) is 10.2. The second kappa shape index (κ2) is 5.60. The molecule has 2 aromatic rings. The molecule has 0 N–H and O–H groups in total. The molecule has 1 saturated carbocycles. The average molecular weight is 288 g/mol. The van der Waals surface area contributed by atoms with Crippen molar-refractivity contribution in [1.82, 2.24) is 9.88 Å². The number of rotatable bonds is 4. The molecule has 1 fully saturated rings. The number of pyridine rings is 1. The third-order valence-electron chi connectivity index (χ3n) is 3.52. The molecule has 0 spiro atoms. The molecule has 1 aliphatic carbocycles. The minimum atomic E-state index is -1.24. The molecule has 3 rings (SSSR count). The Morgan fingerprint density at radius 1 is 1.19 bits per heavy atom. The number of amides is 1. The highest BCUT2D eigenvalue weighted by Gasteiger charge is 2.34. The van der Waals surface area contributed by atoms with Gasteiger partial charge in [0, 0.05) is 18.8 Å². The number of halogens is 2. The first-order valence-corrected chi connectivity index (χ1v) is 6.81. The molecule has 0 bridgehead atoms. The van der Waals surface area contributed by atoms with Crippen molar-refractivity contribution >= 4 is 5.91 Å². The van der Waals surface area contributed by atoms with Crippen molar-refractivity contribution in [2.24, 2.45) is 0 Å². The first kappa shape index (κ1) is 13.7. The number of benzene rings is 1. The summed E-state index contributed by atoms with van der Waals surface area (Å²) in [6.07, 6.45) is 2.90. The van der Waals surface area contributed by atoms with Gasteiger partial charge in [-0.2, -0.15) is 4.39 Å². The van der Waals surface area contributed by atoms with Crippen LogP contribution in [0.1, 0.15) is 28.8 Å². The molecule has 0 saturated heterocycles. The summed E-state index contributed by atoms with van der Waals surface area (Å²) in [6.45, 7) is 0.397. The zero-order valence-corrected chi connectivity index (χ0v) is 11.3. The molecule has 1 aromatic heterocycles. The molecule has 0 radical (unpaired) electrons. The van der Waals surface area contributed by atoms with Crippen molar-refractivity contribution in [2.75, 3.05) is 0 Å². The van der Waals surface area contributed by atoms with Crippen molar-refractivity contribution in [1.29, 1.82) is 0 Å². The largest absolute Gasteiger partial charge is 0.331 e. The average Bonchev–Trinajstić information content (AvgIpc) is 3.33. The highest BCUT2D eigenvalue weighted by atomic mass is 19.2. The maximum Gasteiger partial charge on any atom is 0.257 e. The molecule has 1 aromatic carbocycles. The number of hydrogen-bond donors (Lipinski definition) is 0. The Morgan fingerprint density at radius 3 is 2.57 bits per heavy atom. The topological polar surface area (TPSA) is 33.2 Å². The van der Waals surface area contributed by atoms with Gasteiger partial charge in [-0.05, 0) is 24.5 Å². The van der Waals surface area contributed by atoms with Crippen LogP contribution in [-0.4, -0.2) is 21.8 Å². The fraction of sp³-hybridized carbons (Fsp3) is 0.250. The fourth-order valence-corrected chi connectivity index (χ4v) is 2.27. The Labute approximate surface area is 121 Å². The Balaban J connectivity index is 1.87. The smallest absolute Gasteiger partial charge is 0.257 e. The lowest BCUT2D eigenvalue weighted by molar-refractivity contribution is 0.0723. The predicted molar refractivity (Wildman–Crippen MR) is 73.5 cm³/mol. The van der Waals surface area contributed by atoms with Crippen LogP contribution in [0, 0.1) is 11.8 Å². The molecular weight excluding hydrogens is 274 g/mol. The molecule has 0 unspecified atom stereocenters. The van der Waals surface area contributed by atoms with Crippen molar-refractivity contribution < 1.29 is 13.6 Å². The molecule has 108 valence electrons. The summed E-state index contributed by atoms with van der Waals surface area (Å²) in [7, 11) is 0. The maximum atomic E-state index is 13.8. The SMILES string of the molecule is O=C(c1ccnc(F)c1F)N(Cc1ccccc1)C1CC1. The van der Waals surface area contributed by atoms with Gasteiger partial charge >= 0.3 is 0 Å². The molecule has 1 aliphatic rings. The Kier molecular flexibility index (Phi) is 3.64. The molecule has 5 heteroatoms. The molecule has 0 atom stereocenters. The fourth-order valence-electron chi connectivity index (χ4n) is 2.27. The van der Waals surface area contributed by atoms with Crippen molar-refractivity contribution in [3.05, 3.63) is 65.5 Å². The predicted octanol–water partition coefficient (Wildman–Crippen LogP) is 3.16. The van der Waals surface area contributed by atoms with Gasteiger partial charge in [0.2, 0.25) is 5.95 Å². The van der Waals surface area contributed by atoms with E-state index in [-0.39, 0.29) is 11.6 Å². The molecule has 1 heterocycles. The van der Waals surface area contributed by atoms with Gasteiger partial charge in [-0.1, -0.05) is 30.3 Å². The third kappa shape index (κ3) is 2.91. The normalized spacial score (nSPS) is 14.0. The second-order valence-corrected chi connectivity index (χ2v) is 5.11. The lowest BCUT2D eigenvalue weighted by atomic mass is 10.1. The van der Waals surface area contributed by atoms with Gasteiger partial charge in [0.05, 0.1) is 5.56 Å². The van der Waals surface area contributed by atoms with Crippen LogP contribution in [0.2, 0.25) is 0 Å². The monoisotopic (exact) mass is 288 g/mol. The number of carbonyl (C=O) groups excluding carboxylic acids is 1. The van der Waals surface area contributed by atoms with E-state index in [2.05, 4.69) is 4.98 Å². The summed E-state index contributed by atoms with van der Waals surface area (Å²) in [4.78, 5) is 17.3. The summed E-state index contributed by atoms with van der Waals surface area (Å²) in [6, 6.07) is 10.8. The van der Waals surface area contributed by atoms with Gasteiger partial charge in [0.1, 0.15) is 0 Å². The molecule has 0 aliphatic heterocycles. The van der Waals surface area contributed by atoms with E-state index < -0.39 is 17.7 Å². The van der Waals surface area contributed by atoms with E-state index in [1.54, 1.807) is 4.90 Å². The van der Waals surface area contributed by atoms with E-state index in [1.165, 1.54) is 6.07 Å². The molecule has 1 amide bonds. The van der Waals surface area contributed by atoms with Crippen LogP contribution in [0.3, 0.4) is 0 Å². The minimum absolute atomic E-state index is 0.105. The Bertz CT molecular complexity index is 657. The quantitative estimate of drug-likeness (QED) is 0.810. The molecule has 21 heavy (non-hydrogen) atoms. The van der Waals surface area contributed by atoms with E-state index in [9.17, 15) is 13.6 Å².